The molecule has 1 unspecified atom stereocenters. The first-order valence-electron chi connectivity index (χ1n) is 6.71. The van der Waals surface area contributed by atoms with Gasteiger partial charge < -0.3 is 15.0 Å². The maximum atomic E-state index is 13.2. The molecule has 2 N–H and O–H groups in total. The molecule has 5 heteroatoms. The van der Waals surface area contributed by atoms with Crippen molar-refractivity contribution < 1.29 is 9.13 Å². The largest absolute Gasteiger partial charge is 0.497 e. The molecular weight excluding hydrogens is 269 g/mol. The number of hydrogen-bond donors (Lipinski definition) is 2. The van der Waals surface area contributed by atoms with E-state index in [1.807, 2.05) is 31.2 Å². The van der Waals surface area contributed by atoms with E-state index in [0.29, 0.717) is 11.5 Å². The van der Waals surface area contributed by atoms with E-state index in [2.05, 4.69) is 15.3 Å². The third kappa shape index (κ3) is 2.81. The Labute approximate surface area is 122 Å². The molecule has 0 bridgehead atoms. The van der Waals surface area contributed by atoms with Crippen molar-refractivity contribution in [2.75, 3.05) is 12.4 Å². The molecule has 2 aromatic carbocycles. The van der Waals surface area contributed by atoms with Crippen LogP contribution in [-0.4, -0.2) is 17.1 Å². The number of hydrogen-bond acceptors (Lipinski definition) is 3. The molecule has 1 atom stereocenters. The number of anilines is 1. The van der Waals surface area contributed by atoms with Crippen LogP contribution in [0.3, 0.4) is 0 Å². The zero-order valence-electron chi connectivity index (χ0n) is 11.9. The Bertz CT molecular complexity index is 752. The van der Waals surface area contributed by atoms with Crippen LogP contribution in [0.2, 0.25) is 0 Å². The number of nitrogens with one attached hydrogen (secondary N) is 2. The summed E-state index contributed by atoms with van der Waals surface area (Å²) in [6.45, 7) is 2.04. The molecule has 0 radical (unpaired) electrons. The first-order valence-corrected chi connectivity index (χ1v) is 6.71. The van der Waals surface area contributed by atoms with Gasteiger partial charge in [-0.05, 0) is 42.8 Å². The van der Waals surface area contributed by atoms with E-state index >= 15 is 0 Å². The number of nitrogens with zero attached hydrogens (tertiary/aromatic N) is 1. The van der Waals surface area contributed by atoms with Crippen LogP contribution >= 0.6 is 0 Å². The van der Waals surface area contributed by atoms with Crippen LogP contribution in [0.5, 0.6) is 5.75 Å². The smallest absolute Gasteiger partial charge is 0.201 e. The molecule has 4 nitrogen and oxygen atoms in total. The fourth-order valence-corrected chi connectivity index (χ4v) is 2.23. The van der Waals surface area contributed by atoms with E-state index in [1.165, 1.54) is 12.1 Å². The molecule has 0 amide bonds. The SMILES string of the molecule is COc1ccc(C(C)Nc2nc3ccc(F)cc3[nH]2)cc1. The van der Waals surface area contributed by atoms with Crippen molar-refractivity contribution in [3.63, 3.8) is 0 Å². The topological polar surface area (TPSA) is 49.9 Å². The quantitative estimate of drug-likeness (QED) is 0.764. The summed E-state index contributed by atoms with van der Waals surface area (Å²) in [5, 5.41) is 3.27. The fourth-order valence-electron chi connectivity index (χ4n) is 2.23. The van der Waals surface area contributed by atoms with Gasteiger partial charge in [0.05, 0.1) is 24.2 Å². The lowest BCUT2D eigenvalue weighted by atomic mass is 10.1. The van der Waals surface area contributed by atoms with Gasteiger partial charge in [0.15, 0.2) is 0 Å². The lowest BCUT2D eigenvalue weighted by molar-refractivity contribution is 0.414. The number of rotatable bonds is 4. The van der Waals surface area contributed by atoms with Gasteiger partial charge in [-0.2, -0.15) is 0 Å². The molecule has 0 spiro atoms. The summed E-state index contributed by atoms with van der Waals surface area (Å²) in [5.41, 5.74) is 2.53. The van der Waals surface area contributed by atoms with E-state index in [4.69, 9.17) is 4.74 Å². The predicted octanol–water partition coefficient (Wildman–Crippen LogP) is 3.88. The monoisotopic (exact) mass is 285 g/mol. The number of benzene rings is 2. The molecule has 3 rings (SSSR count). The molecule has 0 saturated carbocycles. The molecule has 108 valence electrons. The van der Waals surface area contributed by atoms with Crippen molar-refractivity contribution >= 4 is 17.0 Å². The van der Waals surface area contributed by atoms with E-state index in [1.54, 1.807) is 13.2 Å². The van der Waals surface area contributed by atoms with Gasteiger partial charge in [-0.1, -0.05) is 12.1 Å². The standard InChI is InChI=1S/C16H16FN3O/c1-10(11-3-6-13(21-2)7-4-11)18-16-19-14-8-5-12(17)9-15(14)20-16/h3-10H,1-2H3,(H2,18,19,20). The second kappa shape index (κ2) is 5.44. The lowest BCUT2D eigenvalue weighted by Crippen LogP contribution is -2.07. The molecule has 0 aliphatic rings. The number of methoxy groups -OCH3 is 1. The predicted molar refractivity (Wildman–Crippen MR) is 81.1 cm³/mol. The summed E-state index contributed by atoms with van der Waals surface area (Å²) in [7, 11) is 1.64. The number of aromatic nitrogens is 2. The van der Waals surface area contributed by atoms with Crippen molar-refractivity contribution in [3.05, 3.63) is 53.8 Å². The summed E-state index contributed by atoms with van der Waals surface area (Å²) >= 11 is 0. The zero-order valence-corrected chi connectivity index (χ0v) is 11.9. The average molecular weight is 285 g/mol. The molecule has 0 aliphatic carbocycles. The molecule has 3 aromatic rings. The summed E-state index contributed by atoms with van der Waals surface area (Å²) in [5.74, 6) is 1.17. The third-order valence-electron chi connectivity index (χ3n) is 3.41. The molecule has 0 fully saturated rings. The second-order valence-electron chi connectivity index (χ2n) is 4.89. The highest BCUT2D eigenvalue weighted by atomic mass is 19.1. The second-order valence-corrected chi connectivity index (χ2v) is 4.89. The van der Waals surface area contributed by atoms with Gasteiger partial charge in [-0.15, -0.1) is 0 Å². The Balaban J connectivity index is 1.79. The highest BCUT2D eigenvalue weighted by Crippen LogP contribution is 2.22. The van der Waals surface area contributed by atoms with Gasteiger partial charge in [-0.25, -0.2) is 9.37 Å². The summed E-state index contributed by atoms with van der Waals surface area (Å²) in [4.78, 5) is 7.47. The molecule has 1 aromatic heterocycles. The van der Waals surface area contributed by atoms with Crippen LogP contribution in [0.25, 0.3) is 11.0 Å². The third-order valence-corrected chi connectivity index (χ3v) is 3.41. The minimum atomic E-state index is -0.277. The minimum absolute atomic E-state index is 0.0707. The fraction of sp³-hybridized carbons (Fsp3) is 0.188. The summed E-state index contributed by atoms with van der Waals surface area (Å²) in [6, 6.07) is 12.4. The van der Waals surface area contributed by atoms with E-state index in [-0.39, 0.29) is 11.9 Å². The van der Waals surface area contributed by atoms with Crippen molar-refractivity contribution in [1.29, 1.82) is 0 Å². The maximum absolute atomic E-state index is 13.2. The van der Waals surface area contributed by atoms with Crippen LogP contribution < -0.4 is 10.1 Å². The van der Waals surface area contributed by atoms with E-state index < -0.39 is 0 Å². The van der Waals surface area contributed by atoms with Gasteiger partial charge in [-0.3, -0.25) is 0 Å². The Hall–Kier alpha value is -2.56. The first kappa shape index (κ1) is 13.4. The number of ether oxygens (including phenoxy) is 1. The van der Waals surface area contributed by atoms with E-state index in [9.17, 15) is 4.39 Å². The van der Waals surface area contributed by atoms with Crippen LogP contribution in [0.1, 0.15) is 18.5 Å². The Morgan fingerprint density at radius 3 is 2.67 bits per heavy atom. The molecule has 21 heavy (non-hydrogen) atoms. The number of imidazole rings is 1. The van der Waals surface area contributed by atoms with Crippen molar-refractivity contribution in [3.8, 4) is 5.75 Å². The molecule has 0 saturated heterocycles. The van der Waals surface area contributed by atoms with Crippen molar-refractivity contribution in [1.82, 2.24) is 9.97 Å². The highest BCUT2D eigenvalue weighted by Gasteiger charge is 2.09. The van der Waals surface area contributed by atoms with Crippen LogP contribution in [0.4, 0.5) is 10.3 Å². The normalized spacial score (nSPS) is 12.3. The maximum Gasteiger partial charge on any atom is 0.201 e. The van der Waals surface area contributed by atoms with E-state index in [0.717, 1.165) is 16.8 Å². The Morgan fingerprint density at radius 2 is 1.95 bits per heavy atom. The number of H-pyrrole nitrogens is 1. The molecule has 1 heterocycles. The molecular formula is C16H16FN3O. The Kier molecular flexibility index (Phi) is 3.48. The minimum Gasteiger partial charge on any atom is -0.497 e. The van der Waals surface area contributed by atoms with Gasteiger partial charge in [0, 0.05) is 0 Å². The van der Waals surface area contributed by atoms with Crippen LogP contribution in [0, 0.1) is 5.82 Å². The van der Waals surface area contributed by atoms with Crippen molar-refractivity contribution in [2.24, 2.45) is 0 Å². The van der Waals surface area contributed by atoms with Crippen LogP contribution in [0.15, 0.2) is 42.5 Å². The number of halogens is 1. The van der Waals surface area contributed by atoms with Gasteiger partial charge >= 0.3 is 0 Å². The average Bonchev–Trinajstić information content (AvgIpc) is 2.88. The zero-order chi connectivity index (χ0) is 14.8. The lowest BCUT2D eigenvalue weighted by Gasteiger charge is -2.13. The van der Waals surface area contributed by atoms with Crippen LogP contribution in [-0.2, 0) is 0 Å². The number of fused-ring (bicyclic) bond motifs is 1. The highest BCUT2D eigenvalue weighted by molar-refractivity contribution is 5.77. The first-order chi connectivity index (χ1) is 10.2. The molecule has 0 aliphatic heterocycles. The van der Waals surface area contributed by atoms with Gasteiger partial charge in [0.1, 0.15) is 11.6 Å². The van der Waals surface area contributed by atoms with Crippen molar-refractivity contribution in [2.45, 2.75) is 13.0 Å². The summed E-state index contributed by atoms with van der Waals surface area (Å²) in [6.07, 6.45) is 0. The summed E-state index contributed by atoms with van der Waals surface area (Å²) < 4.78 is 18.3. The number of aromatic amines is 1. The Morgan fingerprint density at radius 1 is 1.19 bits per heavy atom. The van der Waals surface area contributed by atoms with Gasteiger partial charge in [0.25, 0.3) is 0 Å². The van der Waals surface area contributed by atoms with Gasteiger partial charge in [0.2, 0.25) is 5.95 Å².